The highest BCUT2D eigenvalue weighted by atomic mass is 19.1. The molecule has 218 valence electrons. The average Bonchev–Trinajstić information content (AvgIpc) is 3.61. The third kappa shape index (κ3) is 6.21. The molecule has 6 nitrogen and oxygen atoms in total. The molecule has 0 saturated heterocycles. The summed E-state index contributed by atoms with van der Waals surface area (Å²) >= 11 is 0. The van der Waals surface area contributed by atoms with Crippen LogP contribution in [0.3, 0.4) is 0 Å². The number of nitrogens with one attached hydrogen (secondary N) is 3. The van der Waals surface area contributed by atoms with E-state index in [-0.39, 0.29) is 5.82 Å². The van der Waals surface area contributed by atoms with Crippen LogP contribution in [0.4, 0.5) is 10.1 Å². The summed E-state index contributed by atoms with van der Waals surface area (Å²) in [4.78, 5) is 12.6. The summed E-state index contributed by atoms with van der Waals surface area (Å²) in [6.07, 6.45) is 17.0. The van der Waals surface area contributed by atoms with Crippen molar-refractivity contribution in [3.63, 3.8) is 0 Å². The summed E-state index contributed by atoms with van der Waals surface area (Å²) in [5.74, 6) is 0.434. The van der Waals surface area contributed by atoms with Crippen molar-refractivity contribution >= 4 is 34.3 Å². The van der Waals surface area contributed by atoms with Crippen LogP contribution in [0, 0.1) is 18.7 Å². The Hall–Kier alpha value is -4.78. The minimum absolute atomic E-state index is 0.280. The lowest BCUT2D eigenvalue weighted by atomic mass is 9.86. The van der Waals surface area contributed by atoms with Gasteiger partial charge in [0.05, 0.1) is 28.6 Å². The molecule has 3 N–H and O–H groups in total. The molecule has 1 fully saturated rings. The molecule has 1 saturated carbocycles. The monoisotopic (exact) mass is 572 g/mol. The summed E-state index contributed by atoms with van der Waals surface area (Å²) in [6.45, 7) is 12.5. The Labute approximate surface area is 251 Å². The lowest BCUT2D eigenvalue weighted by molar-refractivity contribution is 0.357. The zero-order valence-corrected chi connectivity index (χ0v) is 24.8. The van der Waals surface area contributed by atoms with Gasteiger partial charge < -0.3 is 10.3 Å². The van der Waals surface area contributed by atoms with E-state index in [1.807, 2.05) is 56.6 Å². The van der Waals surface area contributed by atoms with Crippen molar-refractivity contribution < 1.29 is 4.39 Å². The number of hydrogen-bond donors (Lipinski definition) is 3. The molecule has 43 heavy (non-hydrogen) atoms. The van der Waals surface area contributed by atoms with Crippen molar-refractivity contribution in [2.24, 2.45) is 5.92 Å². The largest absolute Gasteiger partial charge is 0.358 e. The van der Waals surface area contributed by atoms with Crippen LogP contribution in [0.15, 0.2) is 73.8 Å². The quantitative estimate of drug-likeness (QED) is 0.178. The van der Waals surface area contributed by atoms with Crippen molar-refractivity contribution in [3.05, 3.63) is 101 Å². The molecule has 0 spiro atoms. The van der Waals surface area contributed by atoms with Gasteiger partial charge in [0.25, 0.3) is 0 Å². The first-order valence-electron chi connectivity index (χ1n) is 14.9. The molecule has 0 atom stereocenters. The van der Waals surface area contributed by atoms with Crippen LogP contribution in [-0.4, -0.2) is 25.1 Å². The van der Waals surface area contributed by atoms with Gasteiger partial charge in [-0.3, -0.25) is 15.1 Å². The molecule has 0 bridgehead atoms. The van der Waals surface area contributed by atoms with Crippen LogP contribution < -0.4 is 15.9 Å². The number of aromatic nitrogens is 5. The van der Waals surface area contributed by atoms with E-state index in [1.54, 1.807) is 6.20 Å². The Morgan fingerprint density at radius 1 is 1.07 bits per heavy atom. The maximum Gasteiger partial charge on any atom is 0.124 e. The fourth-order valence-corrected chi connectivity index (χ4v) is 6.16. The molecule has 7 heteroatoms. The predicted molar refractivity (Wildman–Crippen MR) is 175 cm³/mol. The number of pyridine rings is 2. The van der Waals surface area contributed by atoms with Gasteiger partial charge in [-0.05, 0) is 79.8 Å². The van der Waals surface area contributed by atoms with Crippen molar-refractivity contribution in [3.8, 4) is 22.6 Å². The number of fused-ring (bicyclic) bond motifs is 1. The summed E-state index contributed by atoms with van der Waals surface area (Å²) < 4.78 is 14.2. The number of H-pyrrole nitrogens is 2. The Bertz CT molecular complexity index is 1920. The van der Waals surface area contributed by atoms with Gasteiger partial charge in [0, 0.05) is 45.3 Å². The fourth-order valence-electron chi connectivity index (χ4n) is 6.16. The molecular formula is C36H37FN6. The Balaban J connectivity index is 1.31. The highest BCUT2D eigenvalue weighted by Gasteiger charge is 2.16. The highest BCUT2D eigenvalue weighted by Crippen LogP contribution is 2.31. The van der Waals surface area contributed by atoms with Gasteiger partial charge in [0.2, 0.25) is 0 Å². The molecular weight excluding hydrogens is 535 g/mol. The number of halogens is 1. The first-order chi connectivity index (χ1) is 20.9. The molecule has 1 aromatic carbocycles. The summed E-state index contributed by atoms with van der Waals surface area (Å²) in [5, 5.41) is 14.0. The molecule has 0 unspecified atom stereocenters. The van der Waals surface area contributed by atoms with E-state index >= 15 is 0 Å². The van der Waals surface area contributed by atoms with Gasteiger partial charge in [0.1, 0.15) is 11.5 Å². The number of allylic oxidation sites excluding steroid dienone is 2. The highest BCUT2D eigenvalue weighted by molar-refractivity contribution is 5.96. The van der Waals surface area contributed by atoms with E-state index in [2.05, 4.69) is 49.7 Å². The number of aryl methyl sites for hydroxylation is 1. The molecule has 5 aromatic rings. The summed E-state index contributed by atoms with van der Waals surface area (Å²) in [6, 6.07) is 11.0. The number of hydrogen-bond acceptors (Lipinski definition) is 4. The minimum atomic E-state index is -0.280. The molecule has 6 rings (SSSR count). The van der Waals surface area contributed by atoms with Gasteiger partial charge in [-0.25, -0.2) is 4.39 Å². The van der Waals surface area contributed by atoms with Crippen molar-refractivity contribution in [2.45, 2.75) is 52.4 Å². The molecule has 4 aromatic heterocycles. The second-order valence-corrected chi connectivity index (χ2v) is 11.6. The van der Waals surface area contributed by atoms with Crippen LogP contribution in [0.2, 0.25) is 0 Å². The maximum atomic E-state index is 14.2. The van der Waals surface area contributed by atoms with Crippen molar-refractivity contribution in [2.75, 3.05) is 5.32 Å². The zero-order chi connectivity index (χ0) is 29.9. The van der Waals surface area contributed by atoms with Gasteiger partial charge in [0.15, 0.2) is 0 Å². The number of benzene rings is 1. The minimum Gasteiger partial charge on any atom is -0.358 e. The molecule has 0 aliphatic heterocycles. The molecule has 1 aliphatic carbocycles. The molecule has 0 radical (unpaired) electrons. The van der Waals surface area contributed by atoms with Gasteiger partial charge in [-0.15, -0.1) is 0 Å². The Morgan fingerprint density at radius 3 is 2.70 bits per heavy atom. The number of aromatic amines is 2. The second kappa shape index (κ2) is 12.2. The molecule has 0 amide bonds. The SMILES string of the molecule is C=C(CC1CCCCC1)Nc1cncc(C(=C)/C=c2/c(-c3cc4c(-c5cc(C)cc(F)c5)nccc4[nH]3)n[nH]/c2=C/C)c1. The van der Waals surface area contributed by atoms with Crippen LogP contribution in [0.25, 0.3) is 51.3 Å². The standard InChI is InChI=1S/C36H37FN6/c1-5-32-30(15-23(3)27-18-29(21-38-20-27)40-24(4)16-25-9-7-6-8-10-25)36(43-42-32)34-19-31-33(41-34)11-12-39-35(31)26-13-22(2)14-28(37)17-26/h5,11-15,17-21,25,40-42H,3-4,6-10,16H2,1-2H3/b30-15+,32-5+. The zero-order valence-electron chi connectivity index (χ0n) is 24.8. The second-order valence-electron chi connectivity index (χ2n) is 11.6. The van der Waals surface area contributed by atoms with Crippen molar-refractivity contribution in [1.82, 2.24) is 25.1 Å². The van der Waals surface area contributed by atoms with E-state index < -0.39 is 0 Å². The summed E-state index contributed by atoms with van der Waals surface area (Å²) in [5.41, 5.74) is 8.45. The van der Waals surface area contributed by atoms with Crippen molar-refractivity contribution in [1.29, 1.82) is 0 Å². The maximum absolute atomic E-state index is 14.2. The van der Waals surface area contributed by atoms with Gasteiger partial charge in [-0.1, -0.05) is 51.3 Å². The average molecular weight is 573 g/mol. The Kier molecular flexibility index (Phi) is 8.05. The van der Waals surface area contributed by atoms with E-state index in [1.165, 1.54) is 44.2 Å². The number of anilines is 1. The topological polar surface area (TPSA) is 82.3 Å². The van der Waals surface area contributed by atoms with E-state index in [9.17, 15) is 4.39 Å². The third-order valence-electron chi connectivity index (χ3n) is 8.25. The lowest BCUT2D eigenvalue weighted by Crippen LogP contribution is -2.23. The first kappa shape index (κ1) is 28.3. The third-order valence-corrected chi connectivity index (χ3v) is 8.25. The smallest absolute Gasteiger partial charge is 0.124 e. The first-order valence-corrected chi connectivity index (χ1v) is 14.9. The number of nitrogens with zero attached hydrogens (tertiary/aromatic N) is 3. The predicted octanol–water partition coefficient (Wildman–Crippen LogP) is 7.65. The fraction of sp³-hybridized carbons (Fsp3) is 0.250. The number of rotatable bonds is 8. The van der Waals surface area contributed by atoms with Gasteiger partial charge >= 0.3 is 0 Å². The normalized spacial score (nSPS) is 14.9. The van der Waals surface area contributed by atoms with E-state index in [4.69, 9.17) is 0 Å². The van der Waals surface area contributed by atoms with Crippen LogP contribution >= 0.6 is 0 Å². The van der Waals surface area contributed by atoms with E-state index in [0.717, 1.165) is 78.6 Å². The van der Waals surface area contributed by atoms with Gasteiger partial charge in [-0.2, -0.15) is 5.10 Å². The van der Waals surface area contributed by atoms with Crippen LogP contribution in [-0.2, 0) is 0 Å². The van der Waals surface area contributed by atoms with Crippen LogP contribution in [0.1, 0.15) is 56.6 Å². The molecule has 4 heterocycles. The summed E-state index contributed by atoms with van der Waals surface area (Å²) in [7, 11) is 0. The lowest BCUT2D eigenvalue weighted by Gasteiger charge is -2.22. The molecule has 1 aliphatic rings. The Morgan fingerprint density at radius 2 is 1.91 bits per heavy atom. The van der Waals surface area contributed by atoms with E-state index in [0.29, 0.717) is 5.92 Å². The van der Waals surface area contributed by atoms with Crippen LogP contribution in [0.5, 0.6) is 0 Å².